The van der Waals surface area contributed by atoms with Gasteiger partial charge >= 0.3 is 6.03 Å². The average molecular weight is 309 g/mol. The number of rotatable bonds is 7. The fourth-order valence-corrected chi connectivity index (χ4v) is 1.98. The number of benzene rings is 1. The number of anilines is 1. The quantitative estimate of drug-likeness (QED) is 0.713. The Morgan fingerprint density at radius 2 is 1.68 bits per heavy atom. The molecule has 122 valence electrons. The SMILES string of the molecule is COc1cc(NC(=O)[C@H](CC(C)C)NC(N)=O)cc(OC)c1. The number of nitrogens with two attached hydrogens (primary N) is 1. The predicted molar refractivity (Wildman–Crippen MR) is 84.1 cm³/mol. The van der Waals surface area contributed by atoms with E-state index >= 15 is 0 Å². The summed E-state index contributed by atoms with van der Waals surface area (Å²) in [6, 6.07) is 3.59. The van der Waals surface area contributed by atoms with Crippen LogP contribution in [0.1, 0.15) is 20.3 Å². The molecule has 0 bridgehead atoms. The molecule has 0 unspecified atom stereocenters. The van der Waals surface area contributed by atoms with E-state index in [1.165, 1.54) is 14.2 Å². The Morgan fingerprint density at radius 3 is 2.09 bits per heavy atom. The number of urea groups is 1. The van der Waals surface area contributed by atoms with Gasteiger partial charge in [0.1, 0.15) is 17.5 Å². The monoisotopic (exact) mass is 309 g/mol. The van der Waals surface area contributed by atoms with Crippen molar-refractivity contribution in [2.75, 3.05) is 19.5 Å². The fourth-order valence-electron chi connectivity index (χ4n) is 1.98. The third-order valence-corrected chi connectivity index (χ3v) is 2.96. The maximum atomic E-state index is 12.3. The van der Waals surface area contributed by atoms with Crippen molar-refractivity contribution in [3.8, 4) is 11.5 Å². The second-order valence-electron chi connectivity index (χ2n) is 5.28. The largest absolute Gasteiger partial charge is 0.497 e. The molecule has 0 aliphatic carbocycles. The van der Waals surface area contributed by atoms with Crippen molar-refractivity contribution in [2.45, 2.75) is 26.3 Å². The molecule has 1 rings (SSSR count). The smallest absolute Gasteiger partial charge is 0.312 e. The number of primary amides is 1. The average Bonchev–Trinajstić information content (AvgIpc) is 2.45. The van der Waals surface area contributed by atoms with Crippen LogP contribution < -0.4 is 25.8 Å². The first-order chi connectivity index (χ1) is 10.3. The molecule has 0 saturated heterocycles. The normalized spacial score (nSPS) is 11.7. The van der Waals surface area contributed by atoms with Crippen molar-refractivity contribution >= 4 is 17.6 Å². The van der Waals surface area contributed by atoms with E-state index in [1.807, 2.05) is 13.8 Å². The van der Waals surface area contributed by atoms with Crippen LogP contribution >= 0.6 is 0 Å². The summed E-state index contributed by atoms with van der Waals surface area (Å²) in [4.78, 5) is 23.4. The van der Waals surface area contributed by atoms with Crippen LogP contribution in [0.5, 0.6) is 11.5 Å². The molecule has 0 radical (unpaired) electrons. The number of nitrogens with one attached hydrogen (secondary N) is 2. The van der Waals surface area contributed by atoms with Gasteiger partial charge in [-0.1, -0.05) is 13.8 Å². The maximum Gasteiger partial charge on any atom is 0.312 e. The molecule has 0 aromatic heterocycles. The second-order valence-corrected chi connectivity index (χ2v) is 5.28. The fraction of sp³-hybridized carbons (Fsp3) is 0.467. The summed E-state index contributed by atoms with van der Waals surface area (Å²) in [6.45, 7) is 3.91. The van der Waals surface area contributed by atoms with Crippen molar-refractivity contribution < 1.29 is 19.1 Å². The molecule has 0 aliphatic rings. The van der Waals surface area contributed by atoms with Gasteiger partial charge in [0.05, 0.1) is 14.2 Å². The summed E-state index contributed by atoms with van der Waals surface area (Å²) in [5.74, 6) is 0.987. The van der Waals surface area contributed by atoms with Gasteiger partial charge < -0.3 is 25.8 Å². The molecule has 0 saturated carbocycles. The highest BCUT2D eigenvalue weighted by Gasteiger charge is 2.21. The Hall–Kier alpha value is -2.44. The molecule has 7 heteroatoms. The van der Waals surface area contributed by atoms with Crippen LogP contribution in [0.4, 0.5) is 10.5 Å². The molecule has 1 atom stereocenters. The lowest BCUT2D eigenvalue weighted by Gasteiger charge is -2.19. The number of methoxy groups -OCH3 is 2. The van der Waals surface area contributed by atoms with Gasteiger partial charge in [-0.2, -0.15) is 0 Å². The first-order valence-electron chi connectivity index (χ1n) is 6.95. The number of ether oxygens (including phenoxy) is 2. The maximum absolute atomic E-state index is 12.3. The third kappa shape index (κ3) is 5.51. The van der Waals surface area contributed by atoms with Gasteiger partial charge in [-0.15, -0.1) is 0 Å². The van der Waals surface area contributed by atoms with Crippen molar-refractivity contribution in [3.63, 3.8) is 0 Å². The van der Waals surface area contributed by atoms with Crippen molar-refractivity contribution in [1.29, 1.82) is 0 Å². The first kappa shape index (κ1) is 17.6. The summed E-state index contributed by atoms with van der Waals surface area (Å²) in [7, 11) is 3.05. The Labute approximate surface area is 130 Å². The van der Waals surface area contributed by atoms with E-state index in [4.69, 9.17) is 15.2 Å². The third-order valence-electron chi connectivity index (χ3n) is 2.96. The summed E-state index contributed by atoms with van der Waals surface area (Å²) in [5, 5.41) is 5.19. The molecule has 0 spiro atoms. The molecular weight excluding hydrogens is 286 g/mol. The zero-order valence-electron chi connectivity index (χ0n) is 13.3. The number of hydrogen-bond acceptors (Lipinski definition) is 4. The molecule has 7 nitrogen and oxygen atoms in total. The molecule has 22 heavy (non-hydrogen) atoms. The van der Waals surface area contributed by atoms with Crippen LogP contribution in [-0.4, -0.2) is 32.2 Å². The zero-order valence-corrected chi connectivity index (χ0v) is 13.3. The Balaban J connectivity index is 2.90. The Morgan fingerprint density at radius 1 is 1.14 bits per heavy atom. The van der Waals surface area contributed by atoms with Gasteiger partial charge in [0.2, 0.25) is 5.91 Å². The molecule has 1 aromatic rings. The summed E-state index contributed by atoms with van der Waals surface area (Å²) in [5.41, 5.74) is 5.64. The number of hydrogen-bond donors (Lipinski definition) is 3. The summed E-state index contributed by atoms with van der Waals surface area (Å²) >= 11 is 0. The molecule has 3 amide bonds. The number of amides is 3. The highest BCUT2D eigenvalue weighted by atomic mass is 16.5. The Kier molecular flexibility index (Phi) is 6.49. The molecule has 1 aromatic carbocycles. The van der Waals surface area contributed by atoms with Crippen LogP contribution in [0.3, 0.4) is 0 Å². The lowest BCUT2D eigenvalue weighted by molar-refractivity contribution is -0.118. The lowest BCUT2D eigenvalue weighted by Crippen LogP contribution is -2.46. The van der Waals surface area contributed by atoms with Crippen LogP contribution in [0, 0.1) is 5.92 Å². The topological polar surface area (TPSA) is 103 Å². The van der Waals surface area contributed by atoms with Crippen molar-refractivity contribution in [3.05, 3.63) is 18.2 Å². The van der Waals surface area contributed by atoms with Gasteiger partial charge in [0, 0.05) is 23.9 Å². The van der Waals surface area contributed by atoms with E-state index in [0.717, 1.165) is 0 Å². The van der Waals surface area contributed by atoms with Gasteiger partial charge in [-0.05, 0) is 12.3 Å². The predicted octanol–water partition coefficient (Wildman–Crippen LogP) is 1.73. The molecule has 0 fully saturated rings. The van der Waals surface area contributed by atoms with Crippen LogP contribution in [0.2, 0.25) is 0 Å². The summed E-state index contributed by atoms with van der Waals surface area (Å²) in [6.07, 6.45) is 0.482. The van der Waals surface area contributed by atoms with Crippen molar-refractivity contribution in [1.82, 2.24) is 5.32 Å². The van der Waals surface area contributed by atoms with Crippen molar-refractivity contribution in [2.24, 2.45) is 11.7 Å². The highest BCUT2D eigenvalue weighted by molar-refractivity contribution is 5.97. The van der Waals surface area contributed by atoms with E-state index in [1.54, 1.807) is 18.2 Å². The van der Waals surface area contributed by atoms with Crippen LogP contribution in [-0.2, 0) is 4.79 Å². The van der Waals surface area contributed by atoms with Gasteiger partial charge in [0.25, 0.3) is 0 Å². The van der Waals surface area contributed by atoms with Gasteiger partial charge in [0.15, 0.2) is 0 Å². The zero-order chi connectivity index (χ0) is 16.7. The summed E-state index contributed by atoms with van der Waals surface area (Å²) < 4.78 is 10.3. The van der Waals surface area contributed by atoms with Gasteiger partial charge in [-0.3, -0.25) is 4.79 Å². The molecule has 0 aliphatic heterocycles. The number of carbonyl (C=O) groups excluding carboxylic acids is 2. The van der Waals surface area contributed by atoms with E-state index < -0.39 is 12.1 Å². The Bertz CT molecular complexity index is 509. The van der Waals surface area contributed by atoms with Crippen LogP contribution in [0.15, 0.2) is 18.2 Å². The first-order valence-corrected chi connectivity index (χ1v) is 6.95. The van der Waals surface area contributed by atoms with E-state index in [9.17, 15) is 9.59 Å². The minimum absolute atomic E-state index is 0.224. The van der Waals surface area contributed by atoms with E-state index in [-0.39, 0.29) is 11.8 Å². The highest BCUT2D eigenvalue weighted by Crippen LogP contribution is 2.26. The van der Waals surface area contributed by atoms with E-state index in [0.29, 0.717) is 23.6 Å². The molecular formula is C15H23N3O4. The number of carbonyl (C=O) groups is 2. The standard InChI is InChI=1S/C15H23N3O4/c1-9(2)5-13(18-15(16)20)14(19)17-10-6-11(21-3)8-12(7-10)22-4/h6-9,13H,5H2,1-4H3,(H,17,19)(H3,16,18,20)/t13-/m0/s1. The molecule has 0 heterocycles. The van der Waals surface area contributed by atoms with E-state index in [2.05, 4.69) is 10.6 Å². The molecule has 4 N–H and O–H groups in total. The minimum Gasteiger partial charge on any atom is -0.497 e. The second kappa shape index (κ2) is 8.11. The minimum atomic E-state index is -0.732. The van der Waals surface area contributed by atoms with Gasteiger partial charge in [-0.25, -0.2) is 4.79 Å². The lowest BCUT2D eigenvalue weighted by atomic mass is 10.0. The van der Waals surface area contributed by atoms with Crippen LogP contribution in [0.25, 0.3) is 0 Å².